The van der Waals surface area contributed by atoms with Crippen LogP contribution in [-0.2, 0) is 19.6 Å². The van der Waals surface area contributed by atoms with Gasteiger partial charge in [0.15, 0.2) is 0 Å². The summed E-state index contributed by atoms with van der Waals surface area (Å²) in [5.41, 5.74) is 2.63. The van der Waals surface area contributed by atoms with Crippen LogP contribution in [-0.4, -0.2) is 111 Å². The maximum atomic E-state index is 13.5. The van der Waals surface area contributed by atoms with E-state index in [0.717, 1.165) is 62.3 Å². The molecule has 3 heterocycles. The van der Waals surface area contributed by atoms with E-state index in [1.54, 1.807) is 4.31 Å². The number of hydrogen-bond donors (Lipinski definition) is 0. The van der Waals surface area contributed by atoms with Crippen molar-refractivity contribution in [3.63, 3.8) is 0 Å². The van der Waals surface area contributed by atoms with Gasteiger partial charge in [0.1, 0.15) is 6.61 Å². The average Bonchev–Trinajstić information content (AvgIpc) is 3.51. The lowest BCUT2D eigenvalue weighted by atomic mass is 10.1. The molecule has 1 aromatic rings. The van der Waals surface area contributed by atoms with Gasteiger partial charge in [-0.15, -0.1) is 0 Å². The van der Waals surface area contributed by atoms with Crippen LogP contribution in [0, 0.1) is 20.8 Å². The Morgan fingerprint density at radius 3 is 2.14 bits per heavy atom. The molecule has 1 aromatic carbocycles. The molecule has 3 saturated heterocycles. The summed E-state index contributed by atoms with van der Waals surface area (Å²) in [6, 6.07) is 3.62. The van der Waals surface area contributed by atoms with Gasteiger partial charge in [-0.05, 0) is 90.2 Å². The average molecular weight is 521 g/mol. The molecule has 1 amide bonds. The summed E-state index contributed by atoms with van der Waals surface area (Å²) >= 11 is 0. The summed E-state index contributed by atoms with van der Waals surface area (Å²) < 4.78 is 34.4. The second kappa shape index (κ2) is 12.3. The van der Waals surface area contributed by atoms with Crippen LogP contribution in [0.3, 0.4) is 0 Å². The molecule has 0 bridgehead atoms. The number of hydrogen-bond acceptors (Lipinski definition) is 6. The van der Waals surface area contributed by atoms with Crippen molar-refractivity contribution in [2.75, 3.05) is 72.1 Å². The summed E-state index contributed by atoms with van der Waals surface area (Å²) in [6.07, 6.45) is 5.44. The van der Waals surface area contributed by atoms with Crippen molar-refractivity contribution in [1.29, 1.82) is 0 Å². The fourth-order valence-electron chi connectivity index (χ4n) is 6.10. The molecule has 0 saturated carbocycles. The predicted octanol–water partition coefficient (Wildman–Crippen LogP) is 2.41. The lowest BCUT2D eigenvalue weighted by molar-refractivity contribution is -0.138. The van der Waals surface area contributed by atoms with E-state index in [2.05, 4.69) is 9.80 Å². The van der Waals surface area contributed by atoms with Gasteiger partial charge in [-0.25, -0.2) is 8.42 Å². The fraction of sp³-hybridized carbons (Fsp3) is 0.741. The number of ether oxygens (including phenoxy) is 1. The van der Waals surface area contributed by atoms with Crippen molar-refractivity contribution in [3.05, 3.63) is 28.8 Å². The first-order valence-electron chi connectivity index (χ1n) is 13.7. The maximum absolute atomic E-state index is 13.5. The fourth-order valence-corrected chi connectivity index (χ4v) is 8.20. The molecule has 0 N–H and O–H groups in total. The van der Waals surface area contributed by atoms with Crippen LogP contribution in [0.1, 0.15) is 48.8 Å². The van der Waals surface area contributed by atoms with Gasteiger partial charge in [0.2, 0.25) is 15.9 Å². The summed E-state index contributed by atoms with van der Waals surface area (Å²) in [5, 5.41) is 0. The van der Waals surface area contributed by atoms with E-state index < -0.39 is 10.0 Å². The van der Waals surface area contributed by atoms with Crippen molar-refractivity contribution in [1.82, 2.24) is 19.0 Å². The number of aryl methyl sites for hydroxylation is 3. The minimum atomic E-state index is -3.61. The zero-order valence-electron chi connectivity index (χ0n) is 22.4. The van der Waals surface area contributed by atoms with Gasteiger partial charge in [-0.1, -0.05) is 17.7 Å². The smallest absolute Gasteiger partial charge is 0.248 e. The molecule has 8 nitrogen and oxygen atoms in total. The van der Waals surface area contributed by atoms with Gasteiger partial charge < -0.3 is 14.5 Å². The largest absolute Gasteiger partial charge is 0.370 e. The second-order valence-corrected chi connectivity index (χ2v) is 12.6. The van der Waals surface area contributed by atoms with Crippen molar-refractivity contribution in [2.45, 2.75) is 63.8 Å². The molecule has 3 aliphatic heterocycles. The van der Waals surface area contributed by atoms with Crippen LogP contribution >= 0.6 is 0 Å². The molecule has 202 valence electrons. The quantitative estimate of drug-likeness (QED) is 0.472. The molecule has 0 aliphatic carbocycles. The molecule has 1 atom stereocenters. The molecule has 4 rings (SSSR count). The predicted molar refractivity (Wildman–Crippen MR) is 142 cm³/mol. The normalized spacial score (nSPS) is 22.5. The molecule has 3 fully saturated rings. The first-order chi connectivity index (χ1) is 17.3. The third-order valence-corrected chi connectivity index (χ3v) is 10.2. The topological polar surface area (TPSA) is 73.4 Å². The van der Waals surface area contributed by atoms with Crippen molar-refractivity contribution in [3.8, 4) is 0 Å². The van der Waals surface area contributed by atoms with E-state index in [1.807, 2.05) is 37.8 Å². The number of carbonyl (C=O) groups is 1. The Labute approximate surface area is 217 Å². The number of rotatable bonds is 10. The Balaban J connectivity index is 1.21. The van der Waals surface area contributed by atoms with E-state index in [-0.39, 0.29) is 25.2 Å². The molecule has 0 radical (unpaired) electrons. The van der Waals surface area contributed by atoms with Crippen LogP contribution < -0.4 is 0 Å². The first kappa shape index (κ1) is 27.5. The van der Waals surface area contributed by atoms with Gasteiger partial charge in [-0.3, -0.25) is 9.69 Å². The third-order valence-electron chi connectivity index (χ3n) is 7.90. The number of carbonyl (C=O) groups excluding carboxylic acids is 1. The number of amides is 1. The molecule has 0 aromatic heterocycles. The van der Waals surface area contributed by atoms with Crippen molar-refractivity contribution < 1.29 is 17.9 Å². The van der Waals surface area contributed by atoms with Crippen molar-refractivity contribution >= 4 is 15.9 Å². The molecule has 3 aliphatic rings. The minimum Gasteiger partial charge on any atom is -0.370 e. The number of sulfonamides is 1. The van der Waals surface area contributed by atoms with E-state index in [9.17, 15) is 13.2 Å². The number of likely N-dealkylation sites (tertiary alicyclic amines) is 1. The van der Waals surface area contributed by atoms with Crippen LogP contribution in [0.15, 0.2) is 17.0 Å². The van der Waals surface area contributed by atoms with E-state index in [0.29, 0.717) is 11.4 Å². The van der Waals surface area contributed by atoms with Crippen LogP contribution in [0.25, 0.3) is 0 Å². The lowest BCUT2D eigenvalue weighted by Gasteiger charge is -2.35. The molecule has 9 heteroatoms. The van der Waals surface area contributed by atoms with Gasteiger partial charge in [-0.2, -0.15) is 4.31 Å². The van der Waals surface area contributed by atoms with E-state index in [1.165, 1.54) is 38.9 Å². The molecular formula is C27H44N4O4S. The minimum absolute atomic E-state index is 0.00402. The first-order valence-corrected chi connectivity index (χ1v) is 15.1. The van der Waals surface area contributed by atoms with E-state index >= 15 is 0 Å². The number of piperazine rings is 1. The number of benzene rings is 1. The highest BCUT2D eigenvalue weighted by Crippen LogP contribution is 2.30. The van der Waals surface area contributed by atoms with Gasteiger partial charge in [0.25, 0.3) is 0 Å². The van der Waals surface area contributed by atoms with Gasteiger partial charge in [0.05, 0.1) is 11.5 Å². The molecule has 0 unspecified atom stereocenters. The number of nitrogens with zero attached hydrogens (tertiary/aromatic N) is 4. The second-order valence-electron chi connectivity index (χ2n) is 10.8. The molecule has 36 heavy (non-hydrogen) atoms. The van der Waals surface area contributed by atoms with Crippen LogP contribution in [0.2, 0.25) is 0 Å². The standard InChI is InChI=1S/C27H44N4O4S/c1-22-18-23(2)27(24(3)19-22)36(33,34)31-13-6-8-25(31)20-35-21-26(32)30-16-14-29(15-17-30)12-7-11-28-9-4-5-10-28/h18-19,25H,4-17,20-21H2,1-3H3/t25-/m0/s1. The Morgan fingerprint density at radius 2 is 1.50 bits per heavy atom. The summed E-state index contributed by atoms with van der Waals surface area (Å²) in [5.74, 6) is 0.00402. The third kappa shape index (κ3) is 6.67. The maximum Gasteiger partial charge on any atom is 0.248 e. The van der Waals surface area contributed by atoms with Crippen LogP contribution in [0.4, 0.5) is 0 Å². The highest BCUT2D eigenvalue weighted by Gasteiger charge is 2.37. The summed E-state index contributed by atoms with van der Waals surface area (Å²) in [7, 11) is -3.61. The van der Waals surface area contributed by atoms with Crippen molar-refractivity contribution in [2.24, 2.45) is 0 Å². The Bertz CT molecular complexity index is 978. The monoisotopic (exact) mass is 520 g/mol. The highest BCUT2D eigenvalue weighted by molar-refractivity contribution is 7.89. The Morgan fingerprint density at radius 1 is 0.889 bits per heavy atom. The molecular weight excluding hydrogens is 476 g/mol. The van der Waals surface area contributed by atoms with Gasteiger partial charge >= 0.3 is 0 Å². The SMILES string of the molecule is Cc1cc(C)c(S(=O)(=O)N2CCC[C@H]2COCC(=O)N2CCN(CCCN3CCCC3)CC2)c(C)c1. The zero-order valence-corrected chi connectivity index (χ0v) is 23.2. The van der Waals surface area contributed by atoms with E-state index in [4.69, 9.17) is 4.74 Å². The Hall–Kier alpha value is -1.52. The van der Waals surface area contributed by atoms with Gasteiger partial charge in [0, 0.05) is 38.8 Å². The Kier molecular flexibility index (Phi) is 9.44. The molecule has 0 spiro atoms. The highest BCUT2D eigenvalue weighted by atomic mass is 32.2. The summed E-state index contributed by atoms with van der Waals surface area (Å²) in [4.78, 5) is 20.0. The zero-order chi connectivity index (χ0) is 25.7. The lowest BCUT2D eigenvalue weighted by Crippen LogP contribution is -2.50. The van der Waals surface area contributed by atoms with Crippen LogP contribution in [0.5, 0.6) is 0 Å². The summed E-state index contributed by atoms with van der Waals surface area (Å²) in [6.45, 7) is 14.6.